The molecule has 0 aliphatic carbocycles. The fourth-order valence-corrected chi connectivity index (χ4v) is 4.07. The molecule has 0 saturated carbocycles. The maximum absolute atomic E-state index is 15.6. The molecule has 0 spiro atoms. The molecule has 1 unspecified atom stereocenters. The Balaban J connectivity index is 1.85. The van der Waals surface area contributed by atoms with Crippen LogP contribution in [-0.2, 0) is 18.8 Å². The number of ether oxygens (including phenoxy) is 3. The highest BCUT2D eigenvalue weighted by Gasteiger charge is 2.59. The molecule has 6 atom stereocenters. The molecule has 15 heteroatoms. The van der Waals surface area contributed by atoms with Crippen molar-refractivity contribution in [1.29, 1.82) is 0 Å². The maximum Gasteiger partial charge on any atom is 0.345 e. The van der Waals surface area contributed by atoms with Crippen molar-refractivity contribution in [2.45, 2.75) is 50.7 Å². The molecule has 12 nitrogen and oxygen atoms in total. The Bertz CT molecular complexity index is 1200. The molecular weight excluding hydrogens is 524 g/mol. The summed E-state index contributed by atoms with van der Waals surface area (Å²) in [5, 5.41) is 11.1. The zero-order valence-electron chi connectivity index (χ0n) is 19.2. The van der Waals surface area contributed by atoms with Crippen molar-refractivity contribution in [2.75, 3.05) is 13.2 Å². The van der Waals surface area contributed by atoms with Crippen LogP contribution in [0.4, 0.5) is 4.39 Å². The normalized spacial score (nSPS) is 24.9. The molecule has 1 fully saturated rings. The quantitative estimate of drug-likeness (QED) is 0.193. The summed E-state index contributed by atoms with van der Waals surface area (Å²) in [6, 6.07) is 6.88. The monoisotopic (exact) mass is 547 g/mol. The Morgan fingerprint density at radius 2 is 2.08 bits per heavy atom. The molecule has 1 aromatic carbocycles. The standard InChI is InChI=1S/C21H24ClFN3O9P/c1-3-15(28)32-11-9-24-36(31)35-18(33-13-6-4-12(22)5-7-13)16-17(29)21(2,23)19(34-16)26-10-8-14(27)25-20(26)30/h4-8,10,16-19,29H,3,9,11H2,1-2H3,(H,25,27,30)/t16-,17-,18+,19-,21-/m1/s1. The number of carbonyl (C=O) groups is 1. The number of rotatable bonds is 10. The van der Waals surface area contributed by atoms with E-state index in [1.54, 1.807) is 6.92 Å². The Labute approximate surface area is 210 Å². The van der Waals surface area contributed by atoms with Gasteiger partial charge in [-0.1, -0.05) is 23.3 Å². The van der Waals surface area contributed by atoms with Gasteiger partial charge in [0.15, 0.2) is 18.0 Å². The van der Waals surface area contributed by atoms with Crippen LogP contribution in [0.3, 0.4) is 0 Å². The molecule has 0 bridgehead atoms. The van der Waals surface area contributed by atoms with Crippen LogP contribution >= 0.6 is 19.8 Å². The first-order valence-corrected chi connectivity index (χ1v) is 12.3. The average Bonchev–Trinajstić information content (AvgIpc) is 3.06. The van der Waals surface area contributed by atoms with Crippen molar-refractivity contribution >= 4 is 25.7 Å². The van der Waals surface area contributed by atoms with Gasteiger partial charge in [0.05, 0.1) is 0 Å². The minimum atomic E-state index is -2.80. The number of halogens is 2. The predicted octanol–water partition coefficient (Wildman–Crippen LogP) is 1.41. The lowest BCUT2D eigenvalue weighted by molar-refractivity contribution is -0.205. The number of hydrogen-bond donors (Lipinski definition) is 2. The van der Waals surface area contributed by atoms with Crippen LogP contribution in [-0.4, -0.2) is 57.9 Å². The van der Waals surface area contributed by atoms with Gasteiger partial charge in [-0.15, -0.1) is 4.52 Å². The van der Waals surface area contributed by atoms with Gasteiger partial charge >= 0.3 is 19.8 Å². The van der Waals surface area contributed by atoms with Crippen LogP contribution < -0.4 is 20.9 Å². The molecule has 196 valence electrons. The Morgan fingerprint density at radius 1 is 1.39 bits per heavy atom. The Kier molecular flexibility index (Phi) is 9.34. The summed E-state index contributed by atoms with van der Waals surface area (Å²) in [5.74, 6) is -0.302. The highest BCUT2D eigenvalue weighted by atomic mass is 35.5. The second kappa shape index (κ2) is 12.0. The van der Waals surface area contributed by atoms with Gasteiger partial charge in [0.1, 0.15) is 25.0 Å². The molecule has 1 saturated heterocycles. The molecule has 1 aromatic heterocycles. The fraction of sp³-hybridized carbons (Fsp3) is 0.476. The Hall–Kier alpha value is -2.67. The number of hydrogen-bond acceptors (Lipinski definition) is 10. The van der Waals surface area contributed by atoms with E-state index in [2.05, 4.69) is 4.74 Å². The van der Waals surface area contributed by atoms with Crippen LogP contribution in [0.25, 0.3) is 0 Å². The SMILES string of the molecule is CCC(=O)OCCN=[P+]([O-])O[C@H](Oc1ccc(Cl)cc1)[C@@H]1O[C@@H](n2ccc(=O)[nH]c2=O)[C@](C)(F)[C@@H]1O. The van der Waals surface area contributed by atoms with Gasteiger partial charge in [-0.3, -0.25) is 19.1 Å². The van der Waals surface area contributed by atoms with Gasteiger partial charge in [0.2, 0.25) is 0 Å². The van der Waals surface area contributed by atoms with Crippen LogP contribution in [0.1, 0.15) is 26.5 Å². The highest BCUT2D eigenvalue weighted by Crippen LogP contribution is 2.43. The van der Waals surface area contributed by atoms with Crippen molar-refractivity contribution in [2.24, 2.45) is 4.74 Å². The number of H-pyrrole nitrogens is 1. The van der Waals surface area contributed by atoms with E-state index in [0.717, 1.165) is 23.8 Å². The summed E-state index contributed by atoms with van der Waals surface area (Å²) in [6.07, 6.45) is -5.69. The maximum atomic E-state index is 15.6. The number of carbonyl (C=O) groups excluding carboxylic acids is 1. The third-order valence-corrected chi connectivity index (χ3v) is 6.22. The number of aliphatic hydroxyl groups excluding tert-OH is 1. The van der Waals surface area contributed by atoms with E-state index in [1.165, 1.54) is 24.3 Å². The lowest BCUT2D eigenvalue weighted by Crippen LogP contribution is -2.46. The van der Waals surface area contributed by atoms with Crippen molar-refractivity contribution in [3.05, 3.63) is 62.4 Å². The number of nitrogens with one attached hydrogen (secondary N) is 1. The van der Waals surface area contributed by atoms with Gasteiger partial charge in [0, 0.05) is 23.7 Å². The van der Waals surface area contributed by atoms with E-state index in [-0.39, 0.29) is 25.3 Å². The summed E-state index contributed by atoms with van der Waals surface area (Å²) in [6.45, 7) is 2.31. The summed E-state index contributed by atoms with van der Waals surface area (Å²) in [5.41, 5.74) is -4.24. The minimum absolute atomic E-state index is 0.137. The van der Waals surface area contributed by atoms with Gasteiger partial charge in [-0.2, -0.15) is 0 Å². The molecule has 0 radical (unpaired) electrons. The predicted molar refractivity (Wildman–Crippen MR) is 123 cm³/mol. The van der Waals surface area contributed by atoms with Gasteiger partial charge in [-0.25, -0.2) is 9.18 Å². The second-order valence-corrected chi connectivity index (χ2v) is 9.19. The van der Waals surface area contributed by atoms with Crippen LogP contribution in [0, 0.1) is 0 Å². The van der Waals surface area contributed by atoms with E-state index in [4.69, 9.17) is 30.3 Å². The van der Waals surface area contributed by atoms with Crippen molar-refractivity contribution in [3.8, 4) is 5.75 Å². The molecule has 2 aromatic rings. The average molecular weight is 548 g/mol. The fourth-order valence-electron chi connectivity index (χ4n) is 3.29. The molecule has 36 heavy (non-hydrogen) atoms. The highest BCUT2D eigenvalue weighted by molar-refractivity contribution is 7.33. The number of nitrogens with zero attached hydrogens (tertiary/aromatic N) is 2. The number of aliphatic hydroxyl groups is 1. The first-order chi connectivity index (χ1) is 17.0. The third-order valence-electron chi connectivity index (χ3n) is 5.15. The van der Waals surface area contributed by atoms with Gasteiger partial charge in [-0.05, 0) is 31.2 Å². The first-order valence-electron chi connectivity index (χ1n) is 10.8. The van der Waals surface area contributed by atoms with E-state index >= 15 is 4.39 Å². The molecule has 2 N–H and O–H groups in total. The minimum Gasteiger partial charge on any atom is -0.583 e. The third kappa shape index (κ3) is 6.75. The second-order valence-electron chi connectivity index (χ2n) is 7.79. The lowest BCUT2D eigenvalue weighted by atomic mass is 9.98. The van der Waals surface area contributed by atoms with E-state index in [1.807, 2.05) is 4.98 Å². The van der Waals surface area contributed by atoms with E-state index < -0.39 is 55.8 Å². The summed E-state index contributed by atoms with van der Waals surface area (Å²) < 4.78 is 41.6. The number of esters is 1. The van der Waals surface area contributed by atoms with Crippen LogP contribution in [0.2, 0.25) is 5.02 Å². The topological polar surface area (TPSA) is 164 Å². The molecule has 1 aliphatic rings. The number of aromatic amines is 1. The first kappa shape index (κ1) is 27.9. The number of aromatic nitrogens is 2. The van der Waals surface area contributed by atoms with Crippen molar-refractivity contribution in [1.82, 2.24) is 9.55 Å². The van der Waals surface area contributed by atoms with Gasteiger partial charge in [0.25, 0.3) is 11.8 Å². The number of benzene rings is 1. The smallest absolute Gasteiger partial charge is 0.345 e. The van der Waals surface area contributed by atoms with Crippen molar-refractivity contribution < 1.29 is 37.9 Å². The largest absolute Gasteiger partial charge is 0.583 e. The molecule has 0 amide bonds. The summed E-state index contributed by atoms with van der Waals surface area (Å²) in [7, 11) is -2.80. The lowest BCUT2D eigenvalue weighted by Gasteiger charge is -2.25. The van der Waals surface area contributed by atoms with Crippen LogP contribution in [0.15, 0.2) is 50.9 Å². The molecule has 2 heterocycles. The van der Waals surface area contributed by atoms with Crippen molar-refractivity contribution in [3.63, 3.8) is 0 Å². The zero-order valence-corrected chi connectivity index (χ0v) is 20.9. The molecule has 3 rings (SSSR count). The van der Waals surface area contributed by atoms with E-state index in [0.29, 0.717) is 5.02 Å². The summed E-state index contributed by atoms with van der Waals surface area (Å²) >= 11 is 5.88. The van der Waals surface area contributed by atoms with Gasteiger partial charge < -0.3 is 24.2 Å². The Morgan fingerprint density at radius 3 is 2.72 bits per heavy atom. The molecule has 1 aliphatic heterocycles. The summed E-state index contributed by atoms with van der Waals surface area (Å²) in [4.78, 5) is 49.3. The van der Waals surface area contributed by atoms with Crippen LogP contribution in [0.5, 0.6) is 5.75 Å². The molecular formula is C21H24ClFN3O9P. The number of alkyl halides is 1. The van der Waals surface area contributed by atoms with E-state index in [9.17, 15) is 24.4 Å². The zero-order chi connectivity index (χ0) is 26.5.